The molecule has 0 aliphatic heterocycles. The molecular weight excluding hydrogens is 323 g/mol. The van der Waals surface area contributed by atoms with Crippen molar-refractivity contribution < 1.29 is 9.13 Å². The average molecular weight is 335 g/mol. The standard InChI is InChI=1S/C15H12BrFN2O/c1-19-9-10-2-4-14(11(6-10)8-18)20-15-5-3-12(17)7-13(15)16/h2-7,19H,9H2,1H3. The van der Waals surface area contributed by atoms with E-state index in [0.717, 1.165) is 5.56 Å². The zero-order valence-electron chi connectivity index (χ0n) is 10.8. The molecule has 0 aliphatic rings. The third kappa shape index (κ3) is 3.35. The van der Waals surface area contributed by atoms with Gasteiger partial charge in [0, 0.05) is 6.54 Å². The van der Waals surface area contributed by atoms with E-state index in [9.17, 15) is 9.65 Å². The fourth-order valence-electron chi connectivity index (χ4n) is 1.74. The summed E-state index contributed by atoms with van der Waals surface area (Å²) in [5.41, 5.74) is 1.43. The molecule has 0 saturated heterocycles. The summed E-state index contributed by atoms with van der Waals surface area (Å²) >= 11 is 3.23. The van der Waals surface area contributed by atoms with Crippen LogP contribution in [-0.2, 0) is 6.54 Å². The lowest BCUT2D eigenvalue weighted by atomic mass is 10.1. The molecule has 20 heavy (non-hydrogen) atoms. The highest BCUT2D eigenvalue weighted by Gasteiger charge is 2.09. The number of hydrogen-bond donors (Lipinski definition) is 1. The summed E-state index contributed by atoms with van der Waals surface area (Å²) in [7, 11) is 1.84. The summed E-state index contributed by atoms with van der Waals surface area (Å²) in [6.07, 6.45) is 0. The van der Waals surface area contributed by atoms with E-state index in [-0.39, 0.29) is 5.82 Å². The number of ether oxygens (including phenoxy) is 1. The van der Waals surface area contributed by atoms with Gasteiger partial charge in [0.2, 0.25) is 0 Å². The van der Waals surface area contributed by atoms with Crippen LogP contribution in [0.25, 0.3) is 0 Å². The van der Waals surface area contributed by atoms with Crippen molar-refractivity contribution in [3.05, 3.63) is 57.8 Å². The van der Waals surface area contributed by atoms with Gasteiger partial charge in [-0.05, 0) is 58.9 Å². The van der Waals surface area contributed by atoms with E-state index in [1.165, 1.54) is 18.2 Å². The van der Waals surface area contributed by atoms with Crippen LogP contribution < -0.4 is 10.1 Å². The van der Waals surface area contributed by atoms with E-state index < -0.39 is 0 Å². The molecule has 2 rings (SSSR count). The maximum atomic E-state index is 13.0. The Hall–Kier alpha value is -1.90. The first-order valence-corrected chi connectivity index (χ1v) is 6.74. The van der Waals surface area contributed by atoms with Crippen LogP contribution in [0.5, 0.6) is 11.5 Å². The largest absolute Gasteiger partial charge is 0.455 e. The minimum absolute atomic E-state index is 0.353. The molecule has 0 bridgehead atoms. The summed E-state index contributed by atoms with van der Waals surface area (Å²) in [6, 6.07) is 11.6. The number of benzene rings is 2. The van der Waals surface area contributed by atoms with Gasteiger partial charge in [0.1, 0.15) is 23.4 Å². The van der Waals surface area contributed by atoms with Gasteiger partial charge in [0.05, 0.1) is 10.0 Å². The highest BCUT2D eigenvalue weighted by atomic mass is 79.9. The minimum Gasteiger partial charge on any atom is -0.455 e. The Bertz CT molecular complexity index is 667. The summed E-state index contributed by atoms with van der Waals surface area (Å²) in [4.78, 5) is 0. The molecule has 0 heterocycles. The topological polar surface area (TPSA) is 45.0 Å². The Labute approximate surface area is 125 Å². The van der Waals surface area contributed by atoms with Crippen LogP contribution in [0.2, 0.25) is 0 Å². The van der Waals surface area contributed by atoms with Crippen LogP contribution in [0.1, 0.15) is 11.1 Å². The fourth-order valence-corrected chi connectivity index (χ4v) is 2.18. The third-order valence-corrected chi connectivity index (χ3v) is 3.28. The molecule has 5 heteroatoms. The number of rotatable bonds is 4. The first kappa shape index (κ1) is 14.5. The van der Waals surface area contributed by atoms with Gasteiger partial charge in [-0.25, -0.2) is 4.39 Å². The molecule has 0 aliphatic carbocycles. The Morgan fingerprint density at radius 2 is 2.00 bits per heavy atom. The summed E-state index contributed by atoms with van der Waals surface area (Å²) in [5.74, 6) is 0.554. The van der Waals surface area contributed by atoms with Crippen LogP contribution in [0.15, 0.2) is 40.9 Å². The van der Waals surface area contributed by atoms with Gasteiger partial charge in [0.25, 0.3) is 0 Å². The van der Waals surface area contributed by atoms with Gasteiger partial charge in [-0.1, -0.05) is 6.07 Å². The first-order chi connectivity index (χ1) is 9.63. The van der Waals surface area contributed by atoms with E-state index in [0.29, 0.717) is 28.1 Å². The van der Waals surface area contributed by atoms with Gasteiger partial charge >= 0.3 is 0 Å². The number of nitrogens with zero attached hydrogens (tertiary/aromatic N) is 1. The molecule has 0 atom stereocenters. The molecule has 0 saturated carbocycles. The normalized spacial score (nSPS) is 10.1. The monoisotopic (exact) mass is 334 g/mol. The smallest absolute Gasteiger partial charge is 0.145 e. The molecule has 0 fully saturated rings. The molecule has 3 nitrogen and oxygen atoms in total. The van der Waals surface area contributed by atoms with Crippen molar-refractivity contribution in [3.8, 4) is 17.6 Å². The number of halogens is 2. The molecule has 2 aromatic rings. The van der Waals surface area contributed by atoms with Crippen LogP contribution in [-0.4, -0.2) is 7.05 Å². The van der Waals surface area contributed by atoms with Gasteiger partial charge in [-0.3, -0.25) is 0 Å². The van der Waals surface area contributed by atoms with E-state index in [4.69, 9.17) is 4.74 Å². The zero-order valence-corrected chi connectivity index (χ0v) is 12.4. The molecule has 0 amide bonds. The lowest BCUT2D eigenvalue weighted by Gasteiger charge is -2.10. The second-order valence-electron chi connectivity index (χ2n) is 4.15. The average Bonchev–Trinajstić information content (AvgIpc) is 2.43. The molecule has 0 radical (unpaired) electrons. The number of nitrogens with one attached hydrogen (secondary N) is 1. The quantitative estimate of drug-likeness (QED) is 0.919. The second-order valence-corrected chi connectivity index (χ2v) is 5.00. The second kappa shape index (κ2) is 6.51. The van der Waals surface area contributed by atoms with E-state index in [2.05, 4.69) is 27.3 Å². The van der Waals surface area contributed by atoms with Crippen molar-refractivity contribution in [2.45, 2.75) is 6.54 Å². The maximum absolute atomic E-state index is 13.0. The lowest BCUT2D eigenvalue weighted by molar-refractivity contribution is 0.475. The Morgan fingerprint density at radius 1 is 1.25 bits per heavy atom. The molecule has 1 N–H and O–H groups in total. The highest BCUT2D eigenvalue weighted by Crippen LogP contribution is 2.32. The van der Waals surface area contributed by atoms with Gasteiger partial charge in [-0.2, -0.15) is 5.26 Å². The van der Waals surface area contributed by atoms with Gasteiger partial charge in [-0.15, -0.1) is 0 Å². The summed E-state index contributed by atoms with van der Waals surface area (Å²) in [5, 5.41) is 12.2. The van der Waals surface area contributed by atoms with Crippen LogP contribution in [0.4, 0.5) is 4.39 Å². The SMILES string of the molecule is CNCc1ccc(Oc2ccc(F)cc2Br)c(C#N)c1. The molecule has 102 valence electrons. The van der Waals surface area contributed by atoms with Gasteiger partial charge in [0.15, 0.2) is 0 Å². The fraction of sp³-hybridized carbons (Fsp3) is 0.133. The molecular formula is C15H12BrFN2O. The van der Waals surface area contributed by atoms with E-state index in [1.54, 1.807) is 12.1 Å². The van der Waals surface area contributed by atoms with Crippen molar-refractivity contribution in [3.63, 3.8) is 0 Å². The van der Waals surface area contributed by atoms with Crippen molar-refractivity contribution in [1.29, 1.82) is 5.26 Å². The third-order valence-electron chi connectivity index (χ3n) is 2.66. The lowest BCUT2D eigenvalue weighted by Crippen LogP contribution is -2.05. The first-order valence-electron chi connectivity index (χ1n) is 5.94. The highest BCUT2D eigenvalue weighted by molar-refractivity contribution is 9.10. The van der Waals surface area contributed by atoms with E-state index >= 15 is 0 Å². The van der Waals surface area contributed by atoms with Crippen molar-refractivity contribution in [2.75, 3.05) is 7.05 Å². The van der Waals surface area contributed by atoms with Crippen molar-refractivity contribution in [1.82, 2.24) is 5.32 Å². The molecule has 0 unspecified atom stereocenters. The zero-order chi connectivity index (χ0) is 14.5. The molecule has 0 spiro atoms. The Morgan fingerprint density at radius 3 is 2.65 bits per heavy atom. The van der Waals surface area contributed by atoms with E-state index in [1.807, 2.05) is 13.1 Å². The van der Waals surface area contributed by atoms with Gasteiger partial charge < -0.3 is 10.1 Å². The summed E-state index contributed by atoms with van der Waals surface area (Å²) < 4.78 is 19.2. The van der Waals surface area contributed by atoms with Crippen molar-refractivity contribution in [2.24, 2.45) is 0 Å². The van der Waals surface area contributed by atoms with Crippen LogP contribution >= 0.6 is 15.9 Å². The Balaban J connectivity index is 2.31. The number of nitriles is 1. The Kier molecular flexibility index (Phi) is 4.72. The van der Waals surface area contributed by atoms with Crippen molar-refractivity contribution >= 4 is 15.9 Å². The predicted molar refractivity (Wildman–Crippen MR) is 78.1 cm³/mol. The van der Waals surface area contributed by atoms with Crippen LogP contribution in [0, 0.1) is 17.1 Å². The molecule has 0 aromatic heterocycles. The minimum atomic E-state index is -0.353. The summed E-state index contributed by atoms with van der Waals surface area (Å²) in [6.45, 7) is 0.676. The number of hydrogen-bond acceptors (Lipinski definition) is 3. The maximum Gasteiger partial charge on any atom is 0.145 e. The van der Waals surface area contributed by atoms with Crippen LogP contribution in [0.3, 0.4) is 0 Å². The molecule has 2 aromatic carbocycles. The predicted octanol–water partition coefficient (Wildman–Crippen LogP) is 3.97.